The number of aromatic nitrogens is 1. The van der Waals surface area contributed by atoms with E-state index in [-0.39, 0.29) is 5.91 Å². The van der Waals surface area contributed by atoms with Gasteiger partial charge in [-0.05, 0) is 43.7 Å². The maximum atomic E-state index is 12.8. The number of nitrogens with one attached hydrogen (secondary N) is 1. The number of anilines is 1. The Balaban J connectivity index is 1.88. The van der Waals surface area contributed by atoms with Crippen LogP contribution in [0.4, 0.5) is 5.69 Å². The lowest BCUT2D eigenvalue weighted by molar-refractivity contribution is 0.0600. The molecule has 0 saturated carbocycles. The number of halogens is 1. The first kappa shape index (κ1) is 19.1. The second kappa shape index (κ2) is 7.90. The van der Waals surface area contributed by atoms with Crippen LogP contribution in [0.3, 0.4) is 0 Å². The Morgan fingerprint density at radius 1 is 1.15 bits per heavy atom. The standard InChI is InChI=1S/C20H17ClN2O3S/c1-11-7-8-14(20(25)26-3)10-16(11)23-18(24)17-12(2)22-19(27-17)13-5-4-6-15(21)9-13/h4-10H,1-3H3,(H,23,24). The highest BCUT2D eigenvalue weighted by Crippen LogP contribution is 2.30. The lowest BCUT2D eigenvalue weighted by Gasteiger charge is -2.09. The van der Waals surface area contributed by atoms with E-state index in [1.165, 1.54) is 18.4 Å². The number of amides is 1. The summed E-state index contributed by atoms with van der Waals surface area (Å²) < 4.78 is 4.73. The number of thiazole rings is 1. The van der Waals surface area contributed by atoms with Crippen molar-refractivity contribution in [2.24, 2.45) is 0 Å². The number of carbonyl (C=O) groups excluding carboxylic acids is 2. The van der Waals surface area contributed by atoms with E-state index in [9.17, 15) is 9.59 Å². The number of rotatable bonds is 4. The number of hydrogen-bond donors (Lipinski definition) is 1. The average Bonchev–Trinajstić information content (AvgIpc) is 3.04. The summed E-state index contributed by atoms with van der Waals surface area (Å²) in [5.74, 6) is -0.730. The molecule has 1 N–H and O–H groups in total. The predicted octanol–water partition coefficient (Wildman–Crippen LogP) is 5.12. The van der Waals surface area contributed by atoms with Crippen molar-refractivity contribution in [3.8, 4) is 10.6 Å². The number of ether oxygens (including phenoxy) is 1. The summed E-state index contributed by atoms with van der Waals surface area (Å²) >= 11 is 7.34. The molecule has 0 atom stereocenters. The maximum Gasteiger partial charge on any atom is 0.337 e. The van der Waals surface area contributed by atoms with Crippen LogP contribution in [0.1, 0.15) is 31.3 Å². The third-order valence-electron chi connectivity index (χ3n) is 3.98. The summed E-state index contributed by atoms with van der Waals surface area (Å²) in [6.45, 7) is 3.64. The van der Waals surface area contributed by atoms with Gasteiger partial charge in [0.25, 0.3) is 5.91 Å². The SMILES string of the molecule is COC(=O)c1ccc(C)c(NC(=O)c2sc(-c3cccc(Cl)c3)nc2C)c1. The van der Waals surface area contributed by atoms with Crippen LogP contribution in [0.25, 0.3) is 10.6 Å². The van der Waals surface area contributed by atoms with Crippen molar-refractivity contribution in [3.05, 3.63) is 69.2 Å². The smallest absolute Gasteiger partial charge is 0.337 e. The number of carbonyl (C=O) groups is 2. The van der Waals surface area contributed by atoms with E-state index in [1.54, 1.807) is 31.2 Å². The molecule has 0 aliphatic carbocycles. The number of hydrogen-bond acceptors (Lipinski definition) is 5. The minimum Gasteiger partial charge on any atom is -0.465 e. The monoisotopic (exact) mass is 400 g/mol. The fourth-order valence-corrected chi connectivity index (χ4v) is 3.68. The van der Waals surface area contributed by atoms with Gasteiger partial charge >= 0.3 is 5.97 Å². The molecule has 0 radical (unpaired) electrons. The van der Waals surface area contributed by atoms with Crippen LogP contribution in [-0.2, 0) is 4.74 Å². The van der Waals surface area contributed by atoms with E-state index in [2.05, 4.69) is 10.3 Å². The van der Waals surface area contributed by atoms with E-state index >= 15 is 0 Å². The highest BCUT2D eigenvalue weighted by atomic mass is 35.5. The molecule has 0 fully saturated rings. The normalized spacial score (nSPS) is 10.5. The van der Waals surface area contributed by atoms with Gasteiger partial charge in [-0.2, -0.15) is 0 Å². The molecule has 1 heterocycles. The fraction of sp³-hybridized carbons (Fsp3) is 0.150. The second-order valence-corrected chi connectivity index (χ2v) is 7.35. The van der Waals surface area contributed by atoms with Crippen LogP contribution in [0.15, 0.2) is 42.5 Å². The molecule has 2 aromatic carbocycles. The van der Waals surface area contributed by atoms with Gasteiger partial charge < -0.3 is 10.1 Å². The maximum absolute atomic E-state index is 12.8. The largest absolute Gasteiger partial charge is 0.465 e. The third kappa shape index (κ3) is 4.18. The van der Waals surface area contributed by atoms with Gasteiger partial charge in [-0.25, -0.2) is 9.78 Å². The summed E-state index contributed by atoms with van der Waals surface area (Å²) in [7, 11) is 1.32. The minimum atomic E-state index is -0.456. The van der Waals surface area contributed by atoms with E-state index in [0.717, 1.165) is 16.1 Å². The van der Waals surface area contributed by atoms with Crippen LogP contribution in [0, 0.1) is 13.8 Å². The fourth-order valence-electron chi connectivity index (χ4n) is 2.53. The van der Waals surface area contributed by atoms with Crippen molar-refractivity contribution in [3.63, 3.8) is 0 Å². The Bertz CT molecular complexity index is 1030. The first-order valence-electron chi connectivity index (χ1n) is 8.12. The molecule has 27 heavy (non-hydrogen) atoms. The molecular formula is C20H17ClN2O3S. The van der Waals surface area contributed by atoms with Gasteiger partial charge in [0.2, 0.25) is 0 Å². The van der Waals surface area contributed by atoms with Crippen molar-refractivity contribution in [2.75, 3.05) is 12.4 Å². The van der Waals surface area contributed by atoms with Crippen molar-refractivity contribution in [1.29, 1.82) is 0 Å². The molecule has 1 aromatic heterocycles. The zero-order valence-corrected chi connectivity index (χ0v) is 16.6. The van der Waals surface area contributed by atoms with Crippen LogP contribution in [0.2, 0.25) is 5.02 Å². The van der Waals surface area contributed by atoms with Crippen molar-refractivity contribution >= 4 is 40.5 Å². The Morgan fingerprint density at radius 3 is 2.63 bits per heavy atom. The van der Waals surface area contributed by atoms with E-state index in [4.69, 9.17) is 16.3 Å². The van der Waals surface area contributed by atoms with Crippen LogP contribution in [0.5, 0.6) is 0 Å². The Labute approximate surface area is 166 Å². The molecule has 0 bridgehead atoms. The second-order valence-electron chi connectivity index (χ2n) is 5.92. The van der Waals surface area contributed by atoms with Gasteiger partial charge in [-0.1, -0.05) is 29.8 Å². The molecule has 0 aliphatic rings. The minimum absolute atomic E-state index is 0.275. The number of esters is 1. The number of aryl methyl sites for hydroxylation is 2. The van der Waals surface area contributed by atoms with E-state index in [1.807, 2.05) is 25.1 Å². The molecule has 138 valence electrons. The third-order valence-corrected chi connectivity index (χ3v) is 5.42. The van der Waals surface area contributed by atoms with Crippen LogP contribution < -0.4 is 5.32 Å². The molecule has 7 heteroatoms. The molecule has 0 saturated heterocycles. The number of benzene rings is 2. The van der Waals surface area contributed by atoms with Gasteiger partial charge in [0.15, 0.2) is 0 Å². The van der Waals surface area contributed by atoms with Gasteiger partial charge in [0.1, 0.15) is 9.88 Å². The van der Waals surface area contributed by atoms with Gasteiger partial charge in [0, 0.05) is 16.3 Å². The molecule has 0 spiro atoms. The van der Waals surface area contributed by atoms with Crippen molar-refractivity contribution in [1.82, 2.24) is 4.98 Å². The van der Waals surface area contributed by atoms with Gasteiger partial charge in [-0.15, -0.1) is 11.3 Å². The highest BCUT2D eigenvalue weighted by Gasteiger charge is 2.18. The molecule has 1 amide bonds. The first-order valence-corrected chi connectivity index (χ1v) is 9.32. The molecule has 0 aliphatic heterocycles. The topological polar surface area (TPSA) is 68.3 Å². The van der Waals surface area contributed by atoms with Gasteiger partial charge in [-0.3, -0.25) is 4.79 Å². The first-order chi connectivity index (χ1) is 12.9. The lowest BCUT2D eigenvalue weighted by atomic mass is 10.1. The van der Waals surface area contributed by atoms with Crippen molar-refractivity contribution < 1.29 is 14.3 Å². The Kier molecular flexibility index (Phi) is 5.58. The highest BCUT2D eigenvalue weighted by molar-refractivity contribution is 7.17. The zero-order chi connectivity index (χ0) is 19.6. The lowest BCUT2D eigenvalue weighted by Crippen LogP contribution is -2.13. The molecule has 3 rings (SSSR count). The summed E-state index contributed by atoms with van der Waals surface area (Å²) in [5, 5.41) is 4.20. The van der Waals surface area contributed by atoms with Crippen LogP contribution >= 0.6 is 22.9 Å². The number of nitrogens with zero attached hydrogens (tertiary/aromatic N) is 1. The van der Waals surface area contributed by atoms with Crippen molar-refractivity contribution in [2.45, 2.75) is 13.8 Å². The van der Waals surface area contributed by atoms with Gasteiger partial charge in [0.05, 0.1) is 18.4 Å². The quantitative estimate of drug-likeness (QED) is 0.617. The molecule has 5 nitrogen and oxygen atoms in total. The summed E-state index contributed by atoms with van der Waals surface area (Å²) in [6.07, 6.45) is 0. The summed E-state index contributed by atoms with van der Waals surface area (Å²) in [5.41, 5.74) is 3.26. The summed E-state index contributed by atoms with van der Waals surface area (Å²) in [4.78, 5) is 29.5. The zero-order valence-electron chi connectivity index (χ0n) is 15.0. The molecule has 0 unspecified atom stereocenters. The Hall–Kier alpha value is -2.70. The van der Waals surface area contributed by atoms with E-state index < -0.39 is 5.97 Å². The Morgan fingerprint density at radius 2 is 1.93 bits per heavy atom. The molecule has 3 aromatic rings. The summed E-state index contributed by atoms with van der Waals surface area (Å²) in [6, 6.07) is 12.4. The van der Waals surface area contributed by atoms with E-state index in [0.29, 0.717) is 26.8 Å². The number of methoxy groups -OCH3 is 1. The molecular weight excluding hydrogens is 384 g/mol. The predicted molar refractivity (Wildman–Crippen MR) is 108 cm³/mol. The average molecular weight is 401 g/mol. The van der Waals surface area contributed by atoms with Crippen LogP contribution in [-0.4, -0.2) is 24.0 Å².